The van der Waals surface area contributed by atoms with Gasteiger partial charge in [0.05, 0.1) is 23.6 Å². The summed E-state index contributed by atoms with van der Waals surface area (Å²) >= 11 is 0. The van der Waals surface area contributed by atoms with Crippen LogP contribution in [0.1, 0.15) is 34.6 Å². The number of aromatic nitrogens is 7. The van der Waals surface area contributed by atoms with Crippen molar-refractivity contribution in [3.63, 3.8) is 0 Å². The number of rotatable bonds is 8. The zero-order valence-corrected chi connectivity index (χ0v) is 23.7. The number of benzene rings is 2. The summed E-state index contributed by atoms with van der Waals surface area (Å²) < 4.78 is 21.7. The van der Waals surface area contributed by atoms with Crippen molar-refractivity contribution in [1.29, 1.82) is 5.26 Å². The first kappa shape index (κ1) is 28.2. The zero-order valence-electron chi connectivity index (χ0n) is 23.7. The fourth-order valence-corrected chi connectivity index (χ4v) is 5.09. The minimum Gasteiger partial charge on any atom is -0.496 e. The molecular formula is C29H26FN11O3. The standard InChI is InChI=1S/C29H26FN11O3/c1-39(28(43)40-16-36-22(12-31)37-40)14-29(9-10-29)41-26-23(25(32)34-15-35-26)24(38-41)18-5-3-17(4-6-18)13-33-27(42)20-11-19(30)7-8-21(20)44-2/h3-8,11,15-16H,9-10,13-14H2,1-2H3,(H,33,42)(H2,32,34,35). The third-order valence-electron chi connectivity index (χ3n) is 7.50. The van der Waals surface area contributed by atoms with Gasteiger partial charge in [0.25, 0.3) is 11.7 Å². The number of methoxy groups -OCH3 is 1. The maximum Gasteiger partial charge on any atom is 0.346 e. The lowest BCUT2D eigenvalue weighted by Crippen LogP contribution is -2.40. The number of likely N-dealkylation sites (N-methyl/N-ethyl adjacent to an activating group) is 1. The molecule has 6 rings (SSSR count). The lowest BCUT2D eigenvalue weighted by atomic mass is 10.1. The van der Waals surface area contributed by atoms with E-state index in [1.165, 1.54) is 36.8 Å². The second kappa shape index (κ2) is 11.1. The van der Waals surface area contributed by atoms with E-state index < -0.39 is 23.3 Å². The van der Waals surface area contributed by atoms with Crippen LogP contribution in [0.3, 0.4) is 0 Å². The molecule has 2 amide bonds. The molecule has 0 atom stereocenters. The van der Waals surface area contributed by atoms with E-state index in [0.29, 0.717) is 23.3 Å². The van der Waals surface area contributed by atoms with Gasteiger partial charge in [-0.3, -0.25) is 4.79 Å². The molecule has 0 unspecified atom stereocenters. The van der Waals surface area contributed by atoms with Crippen molar-refractivity contribution in [1.82, 2.24) is 44.7 Å². The van der Waals surface area contributed by atoms with E-state index in [9.17, 15) is 14.0 Å². The zero-order chi connectivity index (χ0) is 31.0. The first-order valence-electron chi connectivity index (χ1n) is 13.5. The van der Waals surface area contributed by atoms with Crippen LogP contribution in [-0.4, -0.2) is 72.1 Å². The summed E-state index contributed by atoms with van der Waals surface area (Å²) in [4.78, 5) is 39.6. The minimum atomic E-state index is -0.536. The van der Waals surface area contributed by atoms with Gasteiger partial charge in [-0.15, -0.1) is 5.10 Å². The number of nitriles is 1. The van der Waals surface area contributed by atoms with Gasteiger partial charge in [0, 0.05) is 25.7 Å². The van der Waals surface area contributed by atoms with Gasteiger partial charge in [-0.1, -0.05) is 24.3 Å². The Bertz CT molecular complexity index is 1940. The molecule has 3 heterocycles. The van der Waals surface area contributed by atoms with Gasteiger partial charge >= 0.3 is 6.03 Å². The molecule has 2 aromatic carbocycles. The third-order valence-corrected chi connectivity index (χ3v) is 7.50. The molecule has 1 aliphatic carbocycles. The summed E-state index contributed by atoms with van der Waals surface area (Å²) in [5, 5.41) is 21.2. The smallest absolute Gasteiger partial charge is 0.346 e. The monoisotopic (exact) mass is 595 g/mol. The summed E-state index contributed by atoms with van der Waals surface area (Å²) in [6.45, 7) is 0.507. The molecule has 3 N–H and O–H groups in total. The number of carbonyl (C=O) groups is 2. The molecule has 44 heavy (non-hydrogen) atoms. The molecule has 15 heteroatoms. The van der Waals surface area contributed by atoms with Crippen molar-refractivity contribution in [2.45, 2.75) is 24.9 Å². The van der Waals surface area contributed by atoms with Gasteiger partial charge < -0.3 is 20.7 Å². The van der Waals surface area contributed by atoms with Crippen molar-refractivity contribution in [3.8, 4) is 23.1 Å². The van der Waals surface area contributed by atoms with E-state index in [1.54, 1.807) is 7.05 Å². The number of carbonyl (C=O) groups excluding carboxylic acids is 2. The van der Waals surface area contributed by atoms with E-state index in [2.05, 4.69) is 25.4 Å². The highest BCUT2D eigenvalue weighted by molar-refractivity contribution is 5.98. The van der Waals surface area contributed by atoms with Crippen LogP contribution in [-0.2, 0) is 12.1 Å². The number of nitrogens with zero attached hydrogens (tertiary/aromatic N) is 9. The predicted molar refractivity (Wildman–Crippen MR) is 155 cm³/mol. The summed E-state index contributed by atoms with van der Waals surface area (Å²) in [6, 6.07) is 12.5. The summed E-state index contributed by atoms with van der Waals surface area (Å²) in [5.74, 6) is -0.554. The third kappa shape index (κ3) is 5.13. The average Bonchev–Trinajstić information content (AvgIpc) is 3.45. The van der Waals surface area contributed by atoms with Crippen LogP contribution in [0.15, 0.2) is 55.1 Å². The van der Waals surface area contributed by atoms with Gasteiger partial charge in [-0.25, -0.2) is 28.8 Å². The number of amides is 2. The molecule has 1 aliphatic rings. The molecule has 1 saturated carbocycles. The molecule has 0 radical (unpaired) electrons. The summed E-state index contributed by atoms with van der Waals surface area (Å²) in [5.41, 5.74) is 8.57. The number of ether oxygens (including phenoxy) is 1. The first-order valence-corrected chi connectivity index (χ1v) is 13.5. The maximum absolute atomic E-state index is 13.7. The number of hydrogen-bond acceptors (Lipinski definition) is 10. The topological polar surface area (TPSA) is 183 Å². The van der Waals surface area contributed by atoms with Gasteiger partial charge in [-0.05, 0) is 36.6 Å². The van der Waals surface area contributed by atoms with Crippen molar-refractivity contribution in [2.75, 3.05) is 26.4 Å². The Morgan fingerprint density at radius 2 is 1.93 bits per heavy atom. The first-order chi connectivity index (χ1) is 21.2. The molecule has 0 saturated heterocycles. The summed E-state index contributed by atoms with van der Waals surface area (Å²) in [7, 11) is 3.06. The Kier molecular flexibility index (Phi) is 7.09. The van der Waals surface area contributed by atoms with Crippen LogP contribution >= 0.6 is 0 Å². The number of nitrogens with two attached hydrogens (primary N) is 1. The van der Waals surface area contributed by atoms with Crippen LogP contribution in [0.2, 0.25) is 0 Å². The number of fused-ring (bicyclic) bond motifs is 1. The van der Waals surface area contributed by atoms with E-state index in [4.69, 9.17) is 20.8 Å². The van der Waals surface area contributed by atoms with E-state index in [0.717, 1.165) is 34.7 Å². The fourth-order valence-electron chi connectivity index (χ4n) is 5.09. The molecule has 0 bridgehead atoms. The highest BCUT2D eigenvalue weighted by Crippen LogP contribution is 2.46. The number of nitrogens with one attached hydrogen (secondary N) is 1. The predicted octanol–water partition coefficient (Wildman–Crippen LogP) is 2.71. The molecule has 0 spiro atoms. The quantitative estimate of drug-likeness (QED) is 0.270. The largest absolute Gasteiger partial charge is 0.496 e. The van der Waals surface area contributed by atoms with Gasteiger partial charge in [-0.2, -0.15) is 15.0 Å². The molecule has 0 aliphatic heterocycles. The van der Waals surface area contributed by atoms with Crippen molar-refractivity contribution < 1.29 is 18.7 Å². The van der Waals surface area contributed by atoms with Crippen LogP contribution in [0, 0.1) is 17.1 Å². The Balaban J connectivity index is 1.24. The molecule has 3 aromatic heterocycles. The number of nitrogen functional groups attached to an aromatic ring is 1. The second-order valence-corrected chi connectivity index (χ2v) is 10.4. The van der Waals surface area contributed by atoms with Crippen LogP contribution in [0.25, 0.3) is 22.3 Å². The molecule has 14 nitrogen and oxygen atoms in total. The van der Waals surface area contributed by atoms with Crippen molar-refractivity contribution in [3.05, 3.63) is 77.9 Å². The Morgan fingerprint density at radius 3 is 2.61 bits per heavy atom. The average molecular weight is 596 g/mol. The van der Waals surface area contributed by atoms with Crippen molar-refractivity contribution >= 4 is 28.8 Å². The van der Waals surface area contributed by atoms with Crippen LogP contribution in [0.5, 0.6) is 5.75 Å². The lowest BCUT2D eigenvalue weighted by Gasteiger charge is -2.24. The molecule has 1 fully saturated rings. The van der Waals surface area contributed by atoms with E-state index >= 15 is 0 Å². The highest BCUT2D eigenvalue weighted by atomic mass is 19.1. The van der Waals surface area contributed by atoms with Crippen molar-refractivity contribution in [2.24, 2.45) is 0 Å². The lowest BCUT2D eigenvalue weighted by molar-refractivity contribution is 0.0947. The van der Waals surface area contributed by atoms with E-state index in [1.807, 2.05) is 35.0 Å². The number of hydrogen-bond donors (Lipinski definition) is 2. The normalized spacial score (nSPS) is 13.3. The number of halogens is 1. The van der Waals surface area contributed by atoms with Crippen LogP contribution in [0.4, 0.5) is 15.0 Å². The second-order valence-electron chi connectivity index (χ2n) is 10.4. The van der Waals surface area contributed by atoms with Gasteiger partial charge in [0.1, 0.15) is 41.8 Å². The molecule has 5 aromatic rings. The van der Waals surface area contributed by atoms with Gasteiger partial charge in [0.15, 0.2) is 5.65 Å². The minimum absolute atomic E-state index is 0.0945. The highest BCUT2D eigenvalue weighted by Gasteiger charge is 2.49. The molecular weight excluding hydrogens is 569 g/mol. The Labute approximate surface area is 249 Å². The Hall–Kier alpha value is -5.91. The van der Waals surface area contributed by atoms with Gasteiger partial charge in [0.2, 0.25) is 0 Å². The number of anilines is 1. The molecule has 222 valence electrons. The summed E-state index contributed by atoms with van der Waals surface area (Å²) in [6.07, 6.45) is 4.09. The van der Waals surface area contributed by atoms with E-state index in [-0.39, 0.29) is 29.5 Å². The SMILES string of the molecule is COc1ccc(F)cc1C(=O)NCc1ccc(-c2nn(C3(CN(C)C(=O)n4cnc(C#N)n4)CC3)c3ncnc(N)c23)cc1. The fraction of sp³-hybridized carbons (Fsp3) is 0.241. The van der Waals surface area contributed by atoms with Crippen LogP contribution < -0.4 is 15.8 Å². The Morgan fingerprint density at radius 1 is 1.16 bits per heavy atom. The maximum atomic E-state index is 13.7.